The van der Waals surface area contributed by atoms with Gasteiger partial charge in [0.15, 0.2) is 5.78 Å². The molecule has 1 heterocycles. The van der Waals surface area contributed by atoms with Gasteiger partial charge in [-0.2, -0.15) is 0 Å². The fourth-order valence-corrected chi connectivity index (χ4v) is 3.33. The molecule has 0 aliphatic carbocycles. The van der Waals surface area contributed by atoms with Crippen molar-refractivity contribution >= 4 is 28.8 Å². The van der Waals surface area contributed by atoms with Gasteiger partial charge in [0.25, 0.3) is 5.24 Å². The number of carbonyl (C=O) groups excluding carboxylic acids is 3. The van der Waals surface area contributed by atoms with Crippen LogP contribution in [0.15, 0.2) is 48.5 Å². The Bertz CT molecular complexity index is 820. The van der Waals surface area contributed by atoms with E-state index in [1.54, 1.807) is 17.0 Å². The molecule has 1 aliphatic rings. The van der Waals surface area contributed by atoms with Crippen molar-refractivity contribution < 1.29 is 23.5 Å². The maximum absolute atomic E-state index is 12.9. The molecule has 0 radical (unpaired) electrons. The van der Waals surface area contributed by atoms with Gasteiger partial charge in [-0.25, -0.2) is 4.39 Å². The zero-order valence-corrected chi connectivity index (χ0v) is 14.6. The molecule has 1 fully saturated rings. The number of ketones is 1. The molecule has 2 aromatic carbocycles. The molecular formula is C19H16FNO4S. The highest BCUT2D eigenvalue weighted by atomic mass is 32.2. The SMILES string of the molecule is O=C(CCN1CCSC1=O)Oc1ccc(C(=O)c2ccc(F)cc2)cc1. The Labute approximate surface area is 154 Å². The van der Waals surface area contributed by atoms with Gasteiger partial charge in [0.2, 0.25) is 0 Å². The molecule has 0 bridgehead atoms. The van der Waals surface area contributed by atoms with Crippen molar-refractivity contribution in [1.29, 1.82) is 0 Å². The molecular weight excluding hydrogens is 357 g/mol. The molecule has 26 heavy (non-hydrogen) atoms. The molecule has 5 nitrogen and oxygen atoms in total. The molecule has 134 valence electrons. The van der Waals surface area contributed by atoms with Crippen LogP contribution < -0.4 is 4.74 Å². The first-order valence-corrected chi connectivity index (χ1v) is 9.04. The molecule has 3 rings (SSSR count). The topological polar surface area (TPSA) is 63.7 Å². The zero-order valence-electron chi connectivity index (χ0n) is 13.8. The fourth-order valence-electron chi connectivity index (χ4n) is 2.48. The largest absolute Gasteiger partial charge is 0.426 e. The summed E-state index contributed by atoms with van der Waals surface area (Å²) in [6.45, 7) is 0.989. The lowest BCUT2D eigenvalue weighted by Crippen LogP contribution is -2.27. The van der Waals surface area contributed by atoms with Gasteiger partial charge in [-0.3, -0.25) is 14.4 Å². The van der Waals surface area contributed by atoms with E-state index in [1.807, 2.05) is 0 Å². The van der Waals surface area contributed by atoms with Crippen molar-refractivity contribution in [2.24, 2.45) is 0 Å². The standard InChI is InChI=1S/C19H16FNO4S/c20-15-5-1-13(2-6-15)18(23)14-3-7-16(8-4-14)25-17(22)9-10-21-11-12-26-19(21)24/h1-8H,9-12H2. The van der Waals surface area contributed by atoms with E-state index < -0.39 is 11.8 Å². The van der Waals surface area contributed by atoms with Crippen LogP contribution in [0, 0.1) is 5.82 Å². The van der Waals surface area contributed by atoms with Crippen LogP contribution in [-0.4, -0.2) is 40.7 Å². The van der Waals surface area contributed by atoms with Gasteiger partial charge < -0.3 is 9.64 Å². The molecule has 0 saturated carbocycles. The average molecular weight is 373 g/mol. The Hall–Kier alpha value is -2.67. The monoisotopic (exact) mass is 373 g/mol. The highest BCUT2D eigenvalue weighted by molar-refractivity contribution is 8.13. The number of halogens is 1. The van der Waals surface area contributed by atoms with E-state index in [0.717, 1.165) is 5.75 Å². The minimum absolute atomic E-state index is 0.0125. The number of esters is 1. The summed E-state index contributed by atoms with van der Waals surface area (Å²) in [6.07, 6.45) is 0.114. The Morgan fingerprint density at radius 3 is 2.23 bits per heavy atom. The molecule has 1 saturated heterocycles. The number of carbonyl (C=O) groups is 3. The molecule has 2 aromatic rings. The second-order valence-corrected chi connectivity index (χ2v) is 6.73. The number of benzene rings is 2. The first-order chi connectivity index (χ1) is 12.5. The van der Waals surface area contributed by atoms with Crippen molar-refractivity contribution in [3.63, 3.8) is 0 Å². The molecule has 1 amide bonds. The van der Waals surface area contributed by atoms with Crippen molar-refractivity contribution in [1.82, 2.24) is 4.90 Å². The predicted molar refractivity (Wildman–Crippen MR) is 96.0 cm³/mol. The smallest absolute Gasteiger partial charge is 0.312 e. The van der Waals surface area contributed by atoms with Gasteiger partial charge >= 0.3 is 5.97 Å². The van der Waals surface area contributed by atoms with Gasteiger partial charge in [0.1, 0.15) is 11.6 Å². The van der Waals surface area contributed by atoms with Crippen molar-refractivity contribution in [2.75, 3.05) is 18.8 Å². The first kappa shape index (κ1) is 18.1. The van der Waals surface area contributed by atoms with Crippen LogP contribution in [0.25, 0.3) is 0 Å². The minimum Gasteiger partial charge on any atom is -0.426 e. The first-order valence-electron chi connectivity index (χ1n) is 8.05. The number of hydrogen-bond donors (Lipinski definition) is 0. The van der Waals surface area contributed by atoms with Crippen LogP contribution in [0.4, 0.5) is 9.18 Å². The Morgan fingerprint density at radius 2 is 1.65 bits per heavy atom. The molecule has 0 N–H and O–H groups in total. The second-order valence-electron chi connectivity index (χ2n) is 5.69. The van der Waals surface area contributed by atoms with E-state index in [0.29, 0.717) is 30.0 Å². The van der Waals surface area contributed by atoms with E-state index in [-0.39, 0.29) is 17.4 Å². The lowest BCUT2D eigenvalue weighted by Gasteiger charge is -2.13. The minimum atomic E-state index is -0.438. The summed E-state index contributed by atoms with van der Waals surface area (Å²) in [4.78, 5) is 37.3. The van der Waals surface area contributed by atoms with Gasteiger partial charge in [-0.1, -0.05) is 11.8 Å². The Morgan fingerprint density at radius 1 is 1.04 bits per heavy atom. The van der Waals surface area contributed by atoms with Crippen LogP contribution in [0.3, 0.4) is 0 Å². The summed E-state index contributed by atoms with van der Waals surface area (Å²) in [5.74, 6) is -0.0108. The number of rotatable bonds is 6. The summed E-state index contributed by atoms with van der Waals surface area (Å²) in [5.41, 5.74) is 0.792. The van der Waals surface area contributed by atoms with Crippen LogP contribution in [0.5, 0.6) is 5.75 Å². The summed E-state index contributed by atoms with van der Waals surface area (Å²) in [5, 5.41) is -0.0125. The predicted octanol–water partition coefficient (Wildman–Crippen LogP) is 3.52. The van der Waals surface area contributed by atoms with E-state index >= 15 is 0 Å². The number of ether oxygens (including phenoxy) is 1. The third-order valence-electron chi connectivity index (χ3n) is 3.89. The lowest BCUT2D eigenvalue weighted by atomic mass is 10.0. The van der Waals surface area contributed by atoms with Crippen molar-refractivity contribution in [3.8, 4) is 5.75 Å². The van der Waals surface area contributed by atoms with E-state index in [1.165, 1.54) is 48.2 Å². The Balaban J connectivity index is 1.55. The van der Waals surface area contributed by atoms with Crippen molar-refractivity contribution in [3.05, 3.63) is 65.5 Å². The van der Waals surface area contributed by atoms with E-state index in [9.17, 15) is 18.8 Å². The van der Waals surface area contributed by atoms with Crippen molar-refractivity contribution in [2.45, 2.75) is 6.42 Å². The van der Waals surface area contributed by atoms with Gasteiger partial charge in [0.05, 0.1) is 6.42 Å². The lowest BCUT2D eigenvalue weighted by molar-refractivity contribution is -0.134. The molecule has 7 heteroatoms. The average Bonchev–Trinajstić information content (AvgIpc) is 3.06. The molecule has 1 aliphatic heterocycles. The maximum atomic E-state index is 12.9. The number of amides is 1. The van der Waals surface area contributed by atoms with Gasteiger partial charge in [-0.05, 0) is 48.5 Å². The quantitative estimate of drug-likeness (QED) is 0.440. The second kappa shape index (κ2) is 8.14. The van der Waals surface area contributed by atoms with Crippen LogP contribution in [0.2, 0.25) is 0 Å². The number of thioether (sulfide) groups is 1. The number of nitrogens with zero attached hydrogens (tertiary/aromatic N) is 1. The molecule has 0 spiro atoms. The highest BCUT2D eigenvalue weighted by Crippen LogP contribution is 2.19. The third kappa shape index (κ3) is 4.49. The molecule has 0 atom stereocenters. The maximum Gasteiger partial charge on any atom is 0.312 e. The fraction of sp³-hybridized carbons (Fsp3) is 0.211. The normalized spacial score (nSPS) is 13.7. The van der Waals surface area contributed by atoms with E-state index in [4.69, 9.17) is 4.74 Å². The summed E-state index contributed by atoms with van der Waals surface area (Å²) in [7, 11) is 0. The highest BCUT2D eigenvalue weighted by Gasteiger charge is 2.21. The van der Waals surface area contributed by atoms with Gasteiger partial charge in [-0.15, -0.1) is 0 Å². The molecule has 0 unspecified atom stereocenters. The third-order valence-corrected chi connectivity index (χ3v) is 4.78. The summed E-state index contributed by atoms with van der Waals surface area (Å²) < 4.78 is 18.1. The van der Waals surface area contributed by atoms with Crippen LogP contribution in [0.1, 0.15) is 22.3 Å². The van der Waals surface area contributed by atoms with Gasteiger partial charge in [0, 0.05) is 30.0 Å². The summed E-state index contributed by atoms with van der Waals surface area (Å²) >= 11 is 1.25. The summed E-state index contributed by atoms with van der Waals surface area (Å²) in [6, 6.07) is 11.5. The molecule has 0 aromatic heterocycles. The van der Waals surface area contributed by atoms with E-state index in [2.05, 4.69) is 0 Å². The van der Waals surface area contributed by atoms with Crippen LogP contribution in [-0.2, 0) is 4.79 Å². The zero-order chi connectivity index (χ0) is 18.5. The Kier molecular flexibility index (Phi) is 5.68. The number of hydrogen-bond acceptors (Lipinski definition) is 5. The van der Waals surface area contributed by atoms with Crippen LogP contribution >= 0.6 is 11.8 Å².